The van der Waals surface area contributed by atoms with Gasteiger partial charge in [-0.2, -0.15) is 0 Å². The molecule has 4 nitrogen and oxygen atoms in total. The fourth-order valence-electron chi connectivity index (χ4n) is 2.27. The Morgan fingerprint density at radius 1 is 1.38 bits per heavy atom. The third kappa shape index (κ3) is 3.47. The van der Waals surface area contributed by atoms with Gasteiger partial charge in [-0.15, -0.1) is 11.8 Å². The lowest BCUT2D eigenvalue weighted by molar-refractivity contribution is -0.141. The van der Waals surface area contributed by atoms with E-state index in [9.17, 15) is 14.7 Å². The molecule has 0 spiro atoms. The van der Waals surface area contributed by atoms with E-state index < -0.39 is 12.0 Å². The Morgan fingerprint density at radius 3 is 2.67 bits per heavy atom. The summed E-state index contributed by atoms with van der Waals surface area (Å²) in [5, 5.41) is 9.85. The van der Waals surface area contributed by atoms with E-state index in [1.54, 1.807) is 12.1 Å². The topological polar surface area (TPSA) is 57.6 Å². The van der Waals surface area contributed by atoms with Crippen LogP contribution in [0.15, 0.2) is 18.2 Å². The molecule has 0 aromatic heterocycles. The highest BCUT2D eigenvalue weighted by Crippen LogP contribution is 2.34. The van der Waals surface area contributed by atoms with Gasteiger partial charge in [0.05, 0.1) is 15.4 Å². The molecule has 2 unspecified atom stereocenters. The first-order chi connectivity index (χ1) is 9.95. The van der Waals surface area contributed by atoms with Gasteiger partial charge in [0.1, 0.15) is 6.04 Å². The number of amides is 1. The molecule has 1 aliphatic heterocycles. The molecule has 0 bridgehead atoms. The number of benzene rings is 1. The van der Waals surface area contributed by atoms with Crippen LogP contribution >= 0.6 is 35.0 Å². The Labute approximate surface area is 137 Å². The van der Waals surface area contributed by atoms with Gasteiger partial charge < -0.3 is 10.0 Å². The maximum Gasteiger partial charge on any atom is 0.327 e. The average Bonchev–Trinajstić information content (AvgIpc) is 2.85. The highest BCUT2D eigenvalue weighted by molar-refractivity contribution is 8.00. The molecular formula is C14H15Cl2NO3S. The predicted octanol–water partition coefficient (Wildman–Crippen LogP) is 3.76. The van der Waals surface area contributed by atoms with E-state index in [2.05, 4.69) is 0 Å². The molecule has 1 fully saturated rings. The number of aliphatic carboxylic acids is 1. The summed E-state index contributed by atoms with van der Waals surface area (Å²) in [7, 11) is 0. The van der Waals surface area contributed by atoms with Crippen LogP contribution in [-0.4, -0.2) is 39.1 Å². The van der Waals surface area contributed by atoms with Crippen molar-refractivity contribution in [3.63, 3.8) is 0 Å². The van der Waals surface area contributed by atoms with Crippen molar-refractivity contribution in [2.24, 2.45) is 0 Å². The molecular weight excluding hydrogens is 333 g/mol. The minimum atomic E-state index is -0.977. The normalized spacial score (nSPS) is 21.6. The Balaban J connectivity index is 2.31. The zero-order valence-electron chi connectivity index (χ0n) is 11.4. The molecule has 1 aromatic carbocycles. The fourth-order valence-corrected chi connectivity index (χ4v) is 4.09. The summed E-state index contributed by atoms with van der Waals surface area (Å²) < 4.78 is 0. The largest absolute Gasteiger partial charge is 0.480 e. The standard InChI is InChI=1S/C14H15Cl2NO3S/c1-2-3-12-17(11(7-21-12)14(19)20)13(18)8-4-5-9(15)10(16)6-8/h4-6,11-12H,2-3,7H2,1H3,(H,19,20). The Morgan fingerprint density at radius 2 is 2.10 bits per heavy atom. The van der Waals surface area contributed by atoms with Crippen LogP contribution < -0.4 is 0 Å². The molecule has 2 atom stereocenters. The Bertz CT molecular complexity index is 567. The number of hydrogen-bond acceptors (Lipinski definition) is 3. The van der Waals surface area contributed by atoms with Crippen molar-refractivity contribution in [1.29, 1.82) is 0 Å². The number of carboxylic acids is 1. The van der Waals surface area contributed by atoms with E-state index in [-0.39, 0.29) is 16.3 Å². The second-order valence-corrected chi connectivity index (χ2v) is 6.80. The van der Waals surface area contributed by atoms with Crippen LogP contribution in [0.2, 0.25) is 10.0 Å². The zero-order chi connectivity index (χ0) is 15.6. The van der Waals surface area contributed by atoms with Crippen LogP contribution in [0.3, 0.4) is 0 Å². The number of nitrogens with zero attached hydrogens (tertiary/aromatic N) is 1. The maximum absolute atomic E-state index is 12.7. The van der Waals surface area contributed by atoms with E-state index in [0.29, 0.717) is 16.3 Å². The van der Waals surface area contributed by atoms with Crippen LogP contribution in [0, 0.1) is 0 Å². The quantitative estimate of drug-likeness (QED) is 0.900. The highest BCUT2D eigenvalue weighted by Gasteiger charge is 2.41. The molecule has 1 aromatic rings. The third-order valence-electron chi connectivity index (χ3n) is 3.31. The van der Waals surface area contributed by atoms with Crippen molar-refractivity contribution in [3.05, 3.63) is 33.8 Å². The summed E-state index contributed by atoms with van der Waals surface area (Å²) in [5.74, 6) is -0.883. The second-order valence-electron chi connectivity index (χ2n) is 4.77. The monoisotopic (exact) mass is 347 g/mol. The minimum absolute atomic E-state index is 0.113. The SMILES string of the molecule is CCCC1SCC(C(=O)O)N1C(=O)c1ccc(Cl)c(Cl)c1. The number of thioether (sulfide) groups is 1. The first-order valence-electron chi connectivity index (χ1n) is 6.57. The van der Waals surface area contributed by atoms with Gasteiger partial charge in [-0.05, 0) is 24.6 Å². The van der Waals surface area contributed by atoms with Gasteiger partial charge >= 0.3 is 5.97 Å². The van der Waals surface area contributed by atoms with Crippen molar-refractivity contribution in [3.8, 4) is 0 Å². The lowest BCUT2D eigenvalue weighted by Crippen LogP contribution is -2.45. The summed E-state index contributed by atoms with van der Waals surface area (Å²) in [6, 6.07) is 3.80. The van der Waals surface area contributed by atoms with E-state index in [0.717, 1.165) is 12.8 Å². The summed E-state index contributed by atoms with van der Waals surface area (Å²) in [5.41, 5.74) is 0.360. The van der Waals surface area contributed by atoms with Crippen molar-refractivity contribution >= 4 is 46.8 Å². The van der Waals surface area contributed by atoms with Gasteiger partial charge in [-0.3, -0.25) is 4.79 Å². The number of carbonyl (C=O) groups excluding carboxylic acids is 1. The molecule has 7 heteroatoms. The summed E-state index contributed by atoms with van der Waals surface area (Å²) >= 11 is 13.3. The van der Waals surface area contributed by atoms with Gasteiger partial charge in [-0.25, -0.2) is 4.79 Å². The second kappa shape index (κ2) is 6.90. The number of hydrogen-bond donors (Lipinski definition) is 1. The fraction of sp³-hybridized carbons (Fsp3) is 0.429. The first kappa shape index (κ1) is 16.5. The molecule has 0 saturated carbocycles. The van der Waals surface area contributed by atoms with E-state index in [4.69, 9.17) is 23.2 Å². The molecule has 1 N–H and O–H groups in total. The Hall–Kier alpha value is -0.910. The number of halogens is 2. The van der Waals surface area contributed by atoms with Crippen molar-refractivity contribution < 1.29 is 14.7 Å². The van der Waals surface area contributed by atoms with Gasteiger partial charge in [-0.1, -0.05) is 36.5 Å². The van der Waals surface area contributed by atoms with Gasteiger partial charge in [0.2, 0.25) is 0 Å². The summed E-state index contributed by atoms with van der Waals surface area (Å²) in [4.78, 5) is 25.5. The molecule has 1 aliphatic rings. The van der Waals surface area contributed by atoms with Gasteiger partial charge in [0.25, 0.3) is 5.91 Å². The molecule has 1 heterocycles. The Kier molecular flexibility index (Phi) is 5.41. The maximum atomic E-state index is 12.7. The lowest BCUT2D eigenvalue weighted by atomic mass is 10.1. The van der Waals surface area contributed by atoms with Crippen LogP contribution in [0.4, 0.5) is 0 Å². The summed E-state index contributed by atoms with van der Waals surface area (Å²) in [6.45, 7) is 2.01. The van der Waals surface area contributed by atoms with Crippen LogP contribution in [0.1, 0.15) is 30.1 Å². The van der Waals surface area contributed by atoms with Crippen molar-refractivity contribution in [2.45, 2.75) is 31.2 Å². The van der Waals surface area contributed by atoms with Crippen LogP contribution in [0.25, 0.3) is 0 Å². The number of rotatable bonds is 4. The molecule has 1 amide bonds. The van der Waals surface area contributed by atoms with E-state index in [1.165, 1.54) is 22.7 Å². The van der Waals surface area contributed by atoms with Gasteiger partial charge in [0, 0.05) is 11.3 Å². The number of carbonyl (C=O) groups is 2. The predicted molar refractivity (Wildman–Crippen MR) is 85.2 cm³/mol. The van der Waals surface area contributed by atoms with E-state index in [1.807, 2.05) is 6.92 Å². The molecule has 1 saturated heterocycles. The van der Waals surface area contributed by atoms with Gasteiger partial charge in [0.15, 0.2) is 0 Å². The summed E-state index contributed by atoms with van der Waals surface area (Å²) in [6.07, 6.45) is 1.65. The van der Waals surface area contributed by atoms with Crippen LogP contribution in [0.5, 0.6) is 0 Å². The zero-order valence-corrected chi connectivity index (χ0v) is 13.7. The highest BCUT2D eigenvalue weighted by atomic mass is 35.5. The molecule has 21 heavy (non-hydrogen) atoms. The minimum Gasteiger partial charge on any atom is -0.480 e. The van der Waals surface area contributed by atoms with E-state index >= 15 is 0 Å². The molecule has 114 valence electrons. The van der Waals surface area contributed by atoms with Crippen LogP contribution in [-0.2, 0) is 4.79 Å². The lowest BCUT2D eigenvalue weighted by Gasteiger charge is -2.27. The molecule has 0 aliphatic carbocycles. The third-order valence-corrected chi connectivity index (χ3v) is 5.41. The molecule has 0 radical (unpaired) electrons. The van der Waals surface area contributed by atoms with Crippen molar-refractivity contribution in [2.75, 3.05) is 5.75 Å². The first-order valence-corrected chi connectivity index (χ1v) is 8.38. The van der Waals surface area contributed by atoms with Crippen molar-refractivity contribution in [1.82, 2.24) is 4.90 Å². The molecule has 2 rings (SSSR count). The number of carboxylic acid groups (broad SMARTS) is 1. The average molecular weight is 348 g/mol. The smallest absolute Gasteiger partial charge is 0.327 e.